The van der Waals surface area contributed by atoms with Gasteiger partial charge < -0.3 is 4.98 Å². The summed E-state index contributed by atoms with van der Waals surface area (Å²) < 4.78 is -0.00914. The molecule has 1 aromatic rings. The third-order valence-corrected chi connectivity index (χ3v) is 25.7. The summed E-state index contributed by atoms with van der Waals surface area (Å²) in [5, 5.41) is 0. The van der Waals surface area contributed by atoms with Crippen LogP contribution in [-0.4, -0.2) is 34.2 Å². The normalized spacial score (nSPS) is 14.3. The van der Waals surface area contributed by atoms with Crippen LogP contribution in [0, 0.1) is 0 Å². The largest absolute Gasteiger partial charge is 0.325 e. The number of aromatic nitrogens is 2. The second kappa shape index (κ2) is 5.20. The Morgan fingerprint density at radius 2 is 1.19 bits per heavy atom. The van der Waals surface area contributed by atoms with Crippen LogP contribution in [0.15, 0.2) is 15.8 Å². The third-order valence-electron chi connectivity index (χ3n) is 4.60. The number of hydrogen-bond donors (Lipinski definition) is 2. The molecule has 1 aromatic heterocycles. The summed E-state index contributed by atoms with van der Waals surface area (Å²) in [7, 11) is -5.15. The Morgan fingerprint density at radius 1 is 0.810 bits per heavy atom. The van der Waals surface area contributed by atoms with E-state index in [1.165, 1.54) is 0 Å². The molecule has 4 nitrogen and oxygen atoms in total. The van der Waals surface area contributed by atoms with Gasteiger partial charge in [-0.15, -0.1) is 0 Å². The van der Waals surface area contributed by atoms with E-state index < -0.39 is 29.9 Å². The first kappa shape index (κ1) is 18.4. The summed E-state index contributed by atoms with van der Waals surface area (Å²) in [5.41, 5.74) is 0.227. The molecule has 0 aliphatic rings. The van der Waals surface area contributed by atoms with Gasteiger partial charge in [-0.1, -0.05) is 58.9 Å². The van der Waals surface area contributed by atoms with Crippen molar-refractivity contribution in [2.75, 3.05) is 0 Å². The highest BCUT2D eigenvalue weighted by Crippen LogP contribution is 2.47. The Balaban J connectivity index is 4.00. The van der Waals surface area contributed by atoms with Crippen LogP contribution in [0.1, 0.15) is 5.56 Å². The van der Waals surface area contributed by atoms with Crippen molar-refractivity contribution in [2.24, 2.45) is 0 Å². The van der Waals surface area contributed by atoms with Crippen molar-refractivity contribution in [2.45, 2.75) is 63.2 Å². The van der Waals surface area contributed by atoms with E-state index in [1.54, 1.807) is 6.20 Å². The highest BCUT2D eigenvalue weighted by atomic mass is 28.5. The van der Waals surface area contributed by atoms with Gasteiger partial charge in [0.2, 0.25) is 0 Å². The molecule has 0 unspecified atom stereocenters. The summed E-state index contributed by atoms with van der Waals surface area (Å²) in [5.74, 6) is 0. The molecule has 2 N–H and O–H groups in total. The third kappa shape index (κ3) is 2.83. The fourth-order valence-corrected chi connectivity index (χ4v) is 35.3. The molecule has 0 bridgehead atoms. The Bertz CT molecular complexity index is 592. The predicted molar refractivity (Wildman–Crippen MR) is 99.4 cm³/mol. The average Bonchev–Trinajstić information content (AvgIpc) is 2.15. The molecule has 120 valence electrons. The Hall–Kier alpha value is -0.669. The number of hydrogen-bond acceptors (Lipinski definition) is 2. The van der Waals surface area contributed by atoms with Crippen LogP contribution >= 0.6 is 0 Å². The first-order valence-electron chi connectivity index (χ1n) is 7.49. The minimum absolute atomic E-state index is 0.00914. The molecule has 0 aliphatic heterocycles. The lowest BCUT2D eigenvalue weighted by Gasteiger charge is -2.58. The maximum absolute atomic E-state index is 12.6. The molecule has 0 saturated carbocycles. The predicted octanol–water partition coefficient (Wildman–Crippen LogP) is 2.93. The minimum atomic E-state index is -1.72. The van der Waals surface area contributed by atoms with Crippen LogP contribution in [0.3, 0.4) is 0 Å². The highest BCUT2D eigenvalue weighted by Gasteiger charge is 2.61. The van der Waals surface area contributed by atoms with Gasteiger partial charge in [-0.05, 0) is 4.28 Å². The highest BCUT2D eigenvalue weighted by molar-refractivity contribution is 7.14. The van der Waals surface area contributed by atoms with Gasteiger partial charge in [-0.3, -0.25) is 9.78 Å². The van der Waals surface area contributed by atoms with Gasteiger partial charge in [0.05, 0.1) is 24.2 Å². The summed E-state index contributed by atoms with van der Waals surface area (Å²) in [4.78, 5) is 29.2. The lowest BCUT2D eigenvalue weighted by atomic mass is 10.4. The SMILES string of the molecule is C[Si](C)(C)C(c1c[nH]c(=O)[nH]c1=O)([Si](C)(C)C)[Si](C)(C)C. The lowest BCUT2D eigenvalue weighted by molar-refractivity contribution is 0.914. The van der Waals surface area contributed by atoms with Crippen molar-refractivity contribution in [1.82, 2.24) is 9.97 Å². The molecule has 1 rings (SSSR count). The minimum Gasteiger partial charge on any atom is -0.314 e. The van der Waals surface area contributed by atoms with E-state index in [4.69, 9.17) is 0 Å². The first-order chi connectivity index (χ1) is 9.16. The Morgan fingerprint density at radius 3 is 1.48 bits per heavy atom. The molecule has 0 spiro atoms. The fourth-order valence-electron chi connectivity index (χ4n) is 5.28. The van der Waals surface area contributed by atoms with Crippen LogP contribution < -0.4 is 11.2 Å². The van der Waals surface area contributed by atoms with Crippen molar-refractivity contribution in [3.63, 3.8) is 0 Å². The topological polar surface area (TPSA) is 65.7 Å². The molecule has 0 saturated heterocycles. The van der Waals surface area contributed by atoms with Crippen molar-refractivity contribution >= 4 is 24.2 Å². The number of rotatable bonds is 4. The summed E-state index contributed by atoms with van der Waals surface area (Å²) in [6.45, 7) is 21.3. The maximum Gasteiger partial charge on any atom is 0.325 e. The Labute approximate surface area is 130 Å². The first-order valence-corrected chi connectivity index (χ1v) is 18.0. The van der Waals surface area contributed by atoms with E-state index in [0.29, 0.717) is 0 Å². The van der Waals surface area contributed by atoms with Crippen LogP contribution in [0.25, 0.3) is 0 Å². The van der Waals surface area contributed by atoms with Crippen molar-refractivity contribution in [3.8, 4) is 0 Å². The van der Waals surface area contributed by atoms with E-state index >= 15 is 0 Å². The maximum atomic E-state index is 12.6. The molecular weight excluding hydrogens is 312 g/mol. The quantitative estimate of drug-likeness (QED) is 0.826. The van der Waals surface area contributed by atoms with Crippen molar-refractivity contribution in [1.29, 1.82) is 0 Å². The Kier molecular flexibility index (Phi) is 4.55. The van der Waals surface area contributed by atoms with E-state index in [1.807, 2.05) is 0 Å². The monoisotopic (exact) mass is 342 g/mol. The molecule has 0 fully saturated rings. The summed E-state index contributed by atoms with van der Waals surface area (Å²) in [6.07, 6.45) is 1.70. The molecule has 0 atom stereocenters. The van der Waals surface area contributed by atoms with Gasteiger partial charge in [-0.2, -0.15) is 0 Å². The molecule has 0 radical (unpaired) electrons. The van der Waals surface area contributed by atoms with E-state index in [9.17, 15) is 9.59 Å². The second-order valence-electron chi connectivity index (χ2n) is 8.99. The number of nitrogens with one attached hydrogen (secondary N) is 2. The zero-order valence-corrected chi connectivity index (χ0v) is 17.9. The number of aromatic amines is 2. The second-order valence-corrected chi connectivity index (χ2v) is 26.2. The summed E-state index contributed by atoms with van der Waals surface area (Å²) >= 11 is 0. The van der Waals surface area contributed by atoms with Crippen LogP contribution in [0.5, 0.6) is 0 Å². The molecule has 0 aliphatic carbocycles. The average molecular weight is 343 g/mol. The van der Waals surface area contributed by atoms with Gasteiger partial charge in [0, 0.05) is 11.8 Å². The zero-order chi connectivity index (χ0) is 16.9. The van der Waals surface area contributed by atoms with Crippen LogP contribution in [-0.2, 0) is 4.28 Å². The van der Waals surface area contributed by atoms with Gasteiger partial charge in [0.15, 0.2) is 0 Å². The summed E-state index contributed by atoms with van der Waals surface area (Å²) in [6, 6.07) is 0. The standard InChI is InChI=1S/C14H30N2O2Si3/c1-19(2,3)14(20(4,5)6,21(7,8)9)11-10-15-13(18)16-12(11)17/h10H,1-9H3,(H2,15,16,17,18). The molecule has 0 aromatic carbocycles. The van der Waals surface area contributed by atoms with E-state index in [0.717, 1.165) is 5.56 Å². The van der Waals surface area contributed by atoms with Crippen LogP contribution in [0.4, 0.5) is 0 Å². The van der Waals surface area contributed by atoms with E-state index in [-0.39, 0.29) is 9.84 Å². The van der Waals surface area contributed by atoms with E-state index in [2.05, 4.69) is 68.9 Å². The molecule has 1 heterocycles. The van der Waals surface area contributed by atoms with Gasteiger partial charge in [0.25, 0.3) is 5.56 Å². The molecule has 21 heavy (non-hydrogen) atoms. The van der Waals surface area contributed by atoms with Crippen molar-refractivity contribution < 1.29 is 0 Å². The molecule has 0 amide bonds. The smallest absolute Gasteiger partial charge is 0.314 e. The van der Waals surface area contributed by atoms with Crippen molar-refractivity contribution in [3.05, 3.63) is 32.6 Å². The zero-order valence-electron chi connectivity index (χ0n) is 14.9. The fraction of sp³-hybridized carbons (Fsp3) is 0.714. The van der Waals surface area contributed by atoms with Gasteiger partial charge in [-0.25, -0.2) is 4.79 Å². The van der Waals surface area contributed by atoms with Gasteiger partial charge >= 0.3 is 5.69 Å². The van der Waals surface area contributed by atoms with Crippen LogP contribution in [0.2, 0.25) is 58.9 Å². The number of H-pyrrole nitrogens is 2. The lowest BCUT2D eigenvalue weighted by Crippen LogP contribution is -2.76. The molecular formula is C14H30N2O2Si3. The molecule has 7 heteroatoms. The van der Waals surface area contributed by atoms with Gasteiger partial charge in [0.1, 0.15) is 0 Å².